The number of phosphoric ester groups is 1. The summed E-state index contributed by atoms with van der Waals surface area (Å²) in [7, 11) is 1.58. The van der Waals surface area contributed by atoms with Crippen molar-refractivity contribution in [2.24, 2.45) is 47.3 Å². The minimum atomic E-state index is -4.42. The molecular weight excluding hydrogens is 718 g/mol. The monoisotopic (exact) mass is 818 g/mol. The molecule has 0 aromatic heterocycles. The highest BCUT2D eigenvalue weighted by Crippen LogP contribution is 2.38. The maximum absolute atomic E-state index is 12.5. The second-order valence-corrected chi connectivity index (χ2v) is 22.2. The maximum atomic E-state index is 12.5. The molecule has 0 rings (SSSR count). The first kappa shape index (κ1) is 56.0. The molecule has 0 aliphatic rings. The Morgan fingerprint density at radius 3 is 1.14 bits per heavy atom. The number of ether oxygens (including phenoxy) is 2. The van der Waals surface area contributed by atoms with E-state index in [9.17, 15) is 9.46 Å². The molecule has 0 N–H and O–H groups in total. The van der Waals surface area contributed by atoms with Crippen LogP contribution in [0.4, 0.5) is 0 Å². The molecule has 8 heteroatoms. The van der Waals surface area contributed by atoms with Crippen LogP contribution in [-0.2, 0) is 23.1 Å². The third-order valence-corrected chi connectivity index (χ3v) is 12.9. The van der Waals surface area contributed by atoms with Crippen molar-refractivity contribution in [1.82, 2.24) is 0 Å². The number of phosphoric acid groups is 1. The number of hydrogen-bond acceptors (Lipinski definition) is 6. The Morgan fingerprint density at radius 2 is 0.786 bits per heavy atom. The van der Waals surface area contributed by atoms with Crippen LogP contribution in [0.25, 0.3) is 0 Å². The van der Waals surface area contributed by atoms with E-state index in [1.54, 1.807) is 0 Å². The summed E-state index contributed by atoms with van der Waals surface area (Å²) in [5.41, 5.74) is 0. The number of likely N-dealkylation sites (N-methyl/N-ethyl adjacent to an activating group) is 1. The van der Waals surface area contributed by atoms with Crippen molar-refractivity contribution in [3.05, 3.63) is 0 Å². The lowest BCUT2D eigenvalue weighted by atomic mass is 9.91. The molecule has 0 aromatic carbocycles. The molecule has 0 radical (unpaired) electrons. The Morgan fingerprint density at radius 1 is 0.446 bits per heavy atom. The normalized spacial score (nSPS) is 17.5. The van der Waals surface area contributed by atoms with Crippen LogP contribution in [0.2, 0.25) is 0 Å². The van der Waals surface area contributed by atoms with Gasteiger partial charge in [-0.2, -0.15) is 0 Å². The number of nitrogens with zero attached hydrogens (tertiary/aromatic N) is 1. The topological polar surface area (TPSA) is 77.1 Å². The lowest BCUT2D eigenvalue weighted by Crippen LogP contribution is -2.37. The average Bonchev–Trinajstić information content (AvgIpc) is 3.07. The van der Waals surface area contributed by atoms with Crippen LogP contribution in [-0.4, -0.2) is 71.3 Å². The molecule has 338 valence electrons. The van der Waals surface area contributed by atoms with E-state index >= 15 is 0 Å². The van der Waals surface area contributed by atoms with Gasteiger partial charge in [-0.3, -0.25) is 4.57 Å². The van der Waals surface area contributed by atoms with Gasteiger partial charge in [-0.05, 0) is 60.2 Å². The van der Waals surface area contributed by atoms with Crippen LogP contribution in [0.15, 0.2) is 0 Å². The fraction of sp³-hybridized carbons (Fsp3) is 1.00. The first-order valence-corrected chi connectivity index (χ1v) is 25.3. The summed E-state index contributed by atoms with van der Waals surface area (Å²) in [5.74, 6) is 6.10. The van der Waals surface area contributed by atoms with E-state index in [0.717, 1.165) is 48.3 Å². The van der Waals surface area contributed by atoms with Crippen LogP contribution in [0.3, 0.4) is 0 Å². The Hall–Kier alpha value is -0.0100. The molecule has 56 heavy (non-hydrogen) atoms. The van der Waals surface area contributed by atoms with Gasteiger partial charge in [0.15, 0.2) is 0 Å². The number of rotatable bonds is 40. The lowest BCUT2D eigenvalue weighted by molar-refractivity contribution is -0.870. The Bertz CT molecular complexity index is 926. The molecule has 0 aliphatic carbocycles. The van der Waals surface area contributed by atoms with Crippen LogP contribution in [0.5, 0.6) is 0 Å². The van der Waals surface area contributed by atoms with Crippen molar-refractivity contribution in [2.45, 2.75) is 204 Å². The molecule has 0 saturated carbocycles. The zero-order valence-corrected chi connectivity index (χ0v) is 40.8. The highest BCUT2D eigenvalue weighted by atomic mass is 31.2. The minimum Gasteiger partial charge on any atom is -0.756 e. The van der Waals surface area contributed by atoms with Crippen LogP contribution in [0.1, 0.15) is 198 Å². The molecule has 0 aliphatic heterocycles. The third kappa shape index (κ3) is 38.2. The van der Waals surface area contributed by atoms with Crippen molar-refractivity contribution in [3.8, 4) is 0 Å². The summed E-state index contributed by atoms with van der Waals surface area (Å²) in [6, 6.07) is 0. The first-order chi connectivity index (χ1) is 26.3. The molecular formula is C48H100NO6P. The van der Waals surface area contributed by atoms with E-state index in [1.807, 2.05) is 21.1 Å². The van der Waals surface area contributed by atoms with Crippen molar-refractivity contribution in [1.29, 1.82) is 0 Å². The van der Waals surface area contributed by atoms with E-state index in [-0.39, 0.29) is 13.2 Å². The van der Waals surface area contributed by atoms with Crippen molar-refractivity contribution >= 4 is 7.82 Å². The van der Waals surface area contributed by atoms with Gasteiger partial charge < -0.3 is 27.9 Å². The van der Waals surface area contributed by atoms with Gasteiger partial charge in [0.2, 0.25) is 0 Å². The fourth-order valence-corrected chi connectivity index (χ4v) is 8.32. The molecule has 8 atom stereocenters. The Kier molecular flexibility index (Phi) is 33.7. The molecule has 0 spiro atoms. The van der Waals surface area contributed by atoms with Gasteiger partial charge in [0.1, 0.15) is 19.3 Å². The molecule has 7 nitrogen and oxygen atoms in total. The van der Waals surface area contributed by atoms with Gasteiger partial charge in [-0.25, -0.2) is 0 Å². The highest BCUT2D eigenvalue weighted by Gasteiger charge is 2.19. The summed E-state index contributed by atoms with van der Waals surface area (Å²) < 4.78 is 35.9. The zero-order chi connectivity index (χ0) is 42.4. The predicted octanol–water partition coefficient (Wildman–Crippen LogP) is 13.5. The Labute approximate surface area is 351 Å². The van der Waals surface area contributed by atoms with E-state index in [0.29, 0.717) is 42.7 Å². The van der Waals surface area contributed by atoms with E-state index in [2.05, 4.69) is 69.2 Å². The number of quaternary nitrogens is 1. The van der Waals surface area contributed by atoms with Gasteiger partial charge in [0.05, 0.1) is 34.4 Å². The lowest BCUT2D eigenvalue weighted by Gasteiger charge is -2.28. The maximum Gasteiger partial charge on any atom is 0.268 e. The molecule has 0 fully saturated rings. The first-order valence-electron chi connectivity index (χ1n) is 23.9. The smallest absolute Gasteiger partial charge is 0.268 e. The second-order valence-electron chi connectivity index (χ2n) is 20.7. The van der Waals surface area contributed by atoms with Crippen molar-refractivity contribution in [2.75, 3.05) is 60.7 Å². The van der Waals surface area contributed by atoms with Gasteiger partial charge in [-0.15, -0.1) is 0 Å². The summed E-state index contributed by atoms with van der Waals surface area (Å²) in [5, 5.41) is 0. The number of hydrogen-bond donors (Lipinski definition) is 0. The Balaban J connectivity index is 4.55. The molecule has 1 unspecified atom stereocenters. The quantitative estimate of drug-likeness (QED) is 0.0348. The SMILES string of the molecule is CC(C)CCC[C@@H](C)CCC[C@@H](C)CCC[C@H](C)CCOC[C@H](COP(=O)([O-])OCC[N+](C)(C)C)OCC[C@@H](C)CCC[C@H](C)CCC[C@H](C)CCCC(C)C. The van der Waals surface area contributed by atoms with E-state index in [4.69, 9.17) is 18.5 Å². The van der Waals surface area contributed by atoms with Crippen LogP contribution in [0, 0.1) is 47.3 Å². The molecule has 0 heterocycles. The molecule has 0 saturated heterocycles. The van der Waals surface area contributed by atoms with Crippen LogP contribution >= 0.6 is 7.82 Å². The minimum absolute atomic E-state index is 0.0858. The largest absolute Gasteiger partial charge is 0.756 e. The van der Waals surface area contributed by atoms with Gasteiger partial charge in [0, 0.05) is 13.2 Å². The molecule has 0 aromatic rings. The average molecular weight is 818 g/mol. The van der Waals surface area contributed by atoms with Crippen molar-refractivity contribution < 1.29 is 32.5 Å². The van der Waals surface area contributed by atoms with E-state index in [1.165, 1.54) is 116 Å². The predicted molar refractivity (Wildman–Crippen MR) is 240 cm³/mol. The van der Waals surface area contributed by atoms with Crippen LogP contribution < -0.4 is 4.89 Å². The summed E-state index contributed by atoms with van der Waals surface area (Å²) >= 11 is 0. The third-order valence-electron chi connectivity index (χ3n) is 12.0. The summed E-state index contributed by atoms with van der Waals surface area (Å²) in [6.45, 7) is 25.8. The van der Waals surface area contributed by atoms with E-state index < -0.39 is 13.9 Å². The standard InChI is InChI=1S/C48H100NO6P/c1-40(2)20-14-22-42(5)24-16-26-44(7)28-18-30-46(9)32-35-52-38-48(39-55-56(50,51)54-37-34-49(11,12)13)53-36-33-47(10)31-19-29-45(8)27-17-25-43(6)23-15-21-41(3)4/h40-48H,14-39H2,1-13H3/t42-,43-,44-,45-,46+,47+,48-/m1/s1. The van der Waals surface area contributed by atoms with Crippen molar-refractivity contribution in [3.63, 3.8) is 0 Å². The molecule has 0 amide bonds. The van der Waals surface area contributed by atoms with Gasteiger partial charge >= 0.3 is 0 Å². The highest BCUT2D eigenvalue weighted by molar-refractivity contribution is 7.45. The summed E-state index contributed by atoms with van der Waals surface area (Å²) in [4.78, 5) is 12.5. The zero-order valence-electron chi connectivity index (χ0n) is 39.9. The van der Waals surface area contributed by atoms with Gasteiger partial charge in [-0.1, -0.05) is 185 Å². The summed E-state index contributed by atoms with van der Waals surface area (Å²) in [6.07, 6.45) is 25.4. The second kappa shape index (κ2) is 33.7. The molecule has 0 bridgehead atoms. The van der Waals surface area contributed by atoms with Gasteiger partial charge in [0.25, 0.3) is 7.82 Å². The fourth-order valence-electron chi connectivity index (χ4n) is 7.59.